The first kappa shape index (κ1) is 36.7. The molecule has 0 fully saturated rings. The molecule has 3 heteroatoms. The zero-order chi connectivity index (χ0) is 21.1. The third kappa shape index (κ3) is 36.5. The SMILES string of the molecule is CC.CC.CC.CCc1ccccc1.C[N-]C=C[NH-].Cc1ccccc1.[Y]. The van der Waals surface area contributed by atoms with Crippen LogP contribution in [0.1, 0.15) is 59.6 Å². The molecule has 0 aliphatic rings. The molecule has 0 saturated carbocycles. The first-order valence-corrected chi connectivity index (χ1v) is 9.71. The Morgan fingerprint density at radius 3 is 1.30 bits per heavy atom. The van der Waals surface area contributed by atoms with Gasteiger partial charge >= 0.3 is 0 Å². The average Bonchev–Trinajstić information content (AvgIpc) is 2.75. The van der Waals surface area contributed by atoms with E-state index in [0.717, 1.165) is 12.6 Å². The summed E-state index contributed by atoms with van der Waals surface area (Å²) in [5.74, 6) is 0. The molecule has 2 rings (SSSR count). The number of nitrogens with one attached hydrogen (secondary N) is 1. The summed E-state index contributed by atoms with van der Waals surface area (Å²) in [5.41, 5.74) is 9.06. The van der Waals surface area contributed by atoms with Gasteiger partial charge in [0.05, 0.1) is 0 Å². The van der Waals surface area contributed by atoms with Gasteiger partial charge in [-0.25, -0.2) is 12.4 Å². The standard InChI is InChI=1S/C8H10.C7H8.C3H6N2.3C2H6.Y/c1-2-8-6-4-3-5-7-8;1-7-5-3-2-4-6-7;1-5-3-2-4;3*1-2;/h3-7H,2H2,1H3;2-6H,1H3;2-4H,1H3;3*1-2H3;/q;;-2;;;;. The van der Waals surface area contributed by atoms with Crippen LogP contribution in [0.15, 0.2) is 73.1 Å². The van der Waals surface area contributed by atoms with Crippen LogP contribution >= 0.6 is 0 Å². The average molecular weight is 448 g/mol. The molecule has 0 aliphatic heterocycles. The second kappa shape index (κ2) is 39.8. The Bertz CT molecular complexity index is 442. The molecule has 27 heavy (non-hydrogen) atoms. The molecule has 0 aromatic heterocycles. The molecule has 153 valence electrons. The van der Waals surface area contributed by atoms with E-state index in [9.17, 15) is 0 Å². The van der Waals surface area contributed by atoms with Gasteiger partial charge in [-0.2, -0.15) is 0 Å². The number of hydrogen-bond donors (Lipinski definition) is 0. The number of aryl methyl sites for hydroxylation is 2. The predicted octanol–water partition coefficient (Wildman–Crippen LogP) is 8.83. The smallest absolute Gasteiger partial charge is 0 e. The van der Waals surface area contributed by atoms with Gasteiger partial charge in [0.2, 0.25) is 0 Å². The van der Waals surface area contributed by atoms with E-state index in [0.29, 0.717) is 0 Å². The zero-order valence-electron chi connectivity index (χ0n) is 19.2. The molecule has 1 N–H and O–H groups in total. The van der Waals surface area contributed by atoms with E-state index in [1.807, 2.05) is 65.8 Å². The van der Waals surface area contributed by atoms with E-state index in [4.69, 9.17) is 5.73 Å². The van der Waals surface area contributed by atoms with Crippen LogP contribution in [0.3, 0.4) is 0 Å². The predicted molar refractivity (Wildman–Crippen MR) is 124 cm³/mol. The van der Waals surface area contributed by atoms with Crippen LogP contribution in [-0.4, -0.2) is 7.05 Å². The molecule has 0 bridgehead atoms. The van der Waals surface area contributed by atoms with E-state index in [1.165, 1.54) is 17.3 Å². The third-order valence-corrected chi connectivity index (χ3v) is 2.42. The van der Waals surface area contributed by atoms with E-state index in [2.05, 4.69) is 55.6 Å². The summed E-state index contributed by atoms with van der Waals surface area (Å²) in [6.07, 6.45) is 3.70. The molecule has 0 amide bonds. The van der Waals surface area contributed by atoms with Gasteiger partial charge in [-0.1, -0.05) is 115 Å². The number of benzene rings is 2. The summed E-state index contributed by atoms with van der Waals surface area (Å²) in [4.78, 5) is 0. The molecule has 0 aliphatic carbocycles. The monoisotopic (exact) mass is 447 g/mol. The van der Waals surface area contributed by atoms with Gasteiger partial charge in [0.15, 0.2) is 0 Å². The number of rotatable bonds is 2. The maximum atomic E-state index is 6.33. The van der Waals surface area contributed by atoms with Crippen molar-refractivity contribution in [2.75, 3.05) is 7.05 Å². The second-order valence-electron chi connectivity index (χ2n) is 4.07. The summed E-state index contributed by atoms with van der Waals surface area (Å²) in [5, 5.41) is 3.49. The van der Waals surface area contributed by atoms with Crippen LogP contribution in [0.2, 0.25) is 0 Å². The van der Waals surface area contributed by atoms with Crippen LogP contribution in [0.25, 0.3) is 11.1 Å². The fourth-order valence-electron chi connectivity index (χ4n) is 1.32. The molecule has 2 aromatic rings. The van der Waals surface area contributed by atoms with Crippen LogP contribution in [0, 0.1) is 6.92 Å². The largest absolute Gasteiger partial charge is 0.706 e. The van der Waals surface area contributed by atoms with E-state index < -0.39 is 0 Å². The Labute approximate surface area is 195 Å². The Kier molecular flexibility index (Phi) is 54.2. The zero-order valence-corrected chi connectivity index (χ0v) is 22.0. The minimum atomic E-state index is 0. The van der Waals surface area contributed by atoms with Crippen LogP contribution < -0.4 is 0 Å². The van der Waals surface area contributed by atoms with Gasteiger partial charge in [-0.15, -0.1) is 7.05 Å². The molecule has 2 nitrogen and oxygen atoms in total. The number of hydrogen-bond acceptors (Lipinski definition) is 0. The van der Waals surface area contributed by atoms with Gasteiger partial charge in [-0.05, 0) is 18.9 Å². The van der Waals surface area contributed by atoms with Gasteiger partial charge in [0.25, 0.3) is 0 Å². The molecule has 0 heterocycles. The minimum absolute atomic E-state index is 0. The van der Waals surface area contributed by atoms with Crippen molar-refractivity contribution >= 4 is 0 Å². The molecule has 0 atom stereocenters. The van der Waals surface area contributed by atoms with Crippen LogP contribution in [0.4, 0.5) is 0 Å². The van der Waals surface area contributed by atoms with Crippen molar-refractivity contribution in [3.63, 3.8) is 0 Å². The van der Waals surface area contributed by atoms with E-state index in [-0.39, 0.29) is 32.7 Å². The molecular weight excluding hydrogens is 405 g/mol. The molecule has 0 saturated heterocycles. The minimum Gasteiger partial charge on any atom is -0.706 e. The maximum absolute atomic E-state index is 6.33. The van der Waals surface area contributed by atoms with Gasteiger partial charge < -0.3 is 11.1 Å². The van der Waals surface area contributed by atoms with Crippen LogP contribution in [0.5, 0.6) is 0 Å². The first-order chi connectivity index (χ1) is 12.7. The van der Waals surface area contributed by atoms with Crippen molar-refractivity contribution in [1.82, 2.24) is 0 Å². The Balaban J connectivity index is -0.0000000787. The summed E-state index contributed by atoms with van der Waals surface area (Å²) in [6, 6.07) is 20.7. The Morgan fingerprint density at radius 2 is 1.15 bits per heavy atom. The van der Waals surface area contributed by atoms with Crippen molar-refractivity contribution < 1.29 is 32.7 Å². The first-order valence-electron chi connectivity index (χ1n) is 9.71. The molecule has 2 aromatic carbocycles. The molecular formula is C24H42N2Y-2. The van der Waals surface area contributed by atoms with E-state index in [1.54, 1.807) is 7.05 Å². The third-order valence-electron chi connectivity index (χ3n) is 2.42. The van der Waals surface area contributed by atoms with Crippen molar-refractivity contribution in [2.24, 2.45) is 0 Å². The van der Waals surface area contributed by atoms with Gasteiger partial charge in [0.1, 0.15) is 0 Å². The number of nitrogens with zero attached hydrogens (tertiary/aromatic N) is 1. The summed E-state index contributed by atoms with van der Waals surface area (Å²) < 4.78 is 0. The summed E-state index contributed by atoms with van der Waals surface area (Å²) >= 11 is 0. The molecule has 0 unspecified atom stereocenters. The second-order valence-corrected chi connectivity index (χ2v) is 4.07. The van der Waals surface area contributed by atoms with Crippen molar-refractivity contribution in [3.05, 3.63) is 95.2 Å². The summed E-state index contributed by atoms with van der Waals surface area (Å²) in [7, 11) is 1.63. The van der Waals surface area contributed by atoms with Crippen molar-refractivity contribution in [2.45, 2.75) is 61.8 Å². The summed E-state index contributed by atoms with van der Waals surface area (Å²) in [6.45, 7) is 16.2. The van der Waals surface area contributed by atoms with Gasteiger partial charge in [-0.3, -0.25) is 0 Å². The van der Waals surface area contributed by atoms with Crippen LogP contribution in [-0.2, 0) is 39.1 Å². The van der Waals surface area contributed by atoms with Crippen molar-refractivity contribution in [3.8, 4) is 0 Å². The fraction of sp³-hybridized carbons (Fsp3) is 0.417. The van der Waals surface area contributed by atoms with Gasteiger partial charge in [0, 0.05) is 32.7 Å². The normalized spacial score (nSPS) is 7.30. The Morgan fingerprint density at radius 1 is 0.778 bits per heavy atom. The Hall–Kier alpha value is -1.12. The fourth-order valence-corrected chi connectivity index (χ4v) is 1.32. The maximum Gasteiger partial charge on any atom is 0 e. The quantitative estimate of drug-likeness (QED) is 0.441. The topological polar surface area (TPSA) is 37.9 Å². The molecule has 0 spiro atoms. The molecule has 1 radical (unpaired) electrons. The van der Waals surface area contributed by atoms with Crippen molar-refractivity contribution in [1.29, 1.82) is 0 Å². The van der Waals surface area contributed by atoms with E-state index >= 15 is 0 Å².